The number of benzene rings is 1. The Morgan fingerprint density at radius 2 is 2.32 bits per heavy atom. The minimum absolute atomic E-state index is 0.0195. The molecular weight excluding hydrogens is 264 g/mol. The van der Waals surface area contributed by atoms with Crippen LogP contribution in [0.5, 0.6) is 5.75 Å². The van der Waals surface area contributed by atoms with Crippen LogP contribution in [0.1, 0.15) is 30.5 Å². The van der Waals surface area contributed by atoms with Crippen molar-refractivity contribution in [2.45, 2.75) is 26.4 Å². The second-order valence-electron chi connectivity index (χ2n) is 4.29. The first-order chi connectivity index (χ1) is 9.06. The summed E-state index contributed by atoms with van der Waals surface area (Å²) in [6.07, 6.45) is 0. The van der Waals surface area contributed by atoms with Crippen LogP contribution < -0.4 is 4.74 Å². The molecule has 1 aromatic heterocycles. The Bertz CT molecular complexity index is 581. The molecule has 0 bridgehead atoms. The van der Waals surface area contributed by atoms with Crippen LogP contribution in [0.25, 0.3) is 0 Å². The summed E-state index contributed by atoms with van der Waals surface area (Å²) in [5, 5.41) is 14.6. The number of rotatable bonds is 5. The van der Waals surface area contributed by atoms with Gasteiger partial charge in [0.25, 0.3) is 5.69 Å². The molecule has 1 radical (unpaired) electrons. The molecule has 1 heterocycles. The molecular formula is C13H13N2O3S. The number of hydrogen-bond donors (Lipinski definition) is 0. The molecule has 0 saturated heterocycles. The third kappa shape index (κ3) is 3.51. The van der Waals surface area contributed by atoms with Crippen molar-refractivity contribution in [3.05, 3.63) is 50.5 Å². The Hall–Kier alpha value is -1.95. The van der Waals surface area contributed by atoms with Crippen LogP contribution in [0.4, 0.5) is 5.69 Å². The Balaban J connectivity index is 2.01. The van der Waals surface area contributed by atoms with Crippen molar-refractivity contribution < 1.29 is 9.66 Å². The molecule has 2 aromatic rings. The quantitative estimate of drug-likeness (QED) is 0.619. The Kier molecular flexibility index (Phi) is 4.11. The number of nitro benzene ring substituents is 1. The van der Waals surface area contributed by atoms with E-state index in [1.165, 1.54) is 23.5 Å². The zero-order valence-electron chi connectivity index (χ0n) is 10.6. The van der Waals surface area contributed by atoms with Crippen molar-refractivity contribution in [1.82, 2.24) is 4.98 Å². The van der Waals surface area contributed by atoms with Crippen LogP contribution in [0.2, 0.25) is 0 Å². The van der Waals surface area contributed by atoms with Crippen LogP contribution in [0, 0.1) is 15.5 Å². The summed E-state index contributed by atoms with van der Waals surface area (Å²) in [6, 6.07) is 6.12. The lowest BCUT2D eigenvalue weighted by Gasteiger charge is -2.03. The topological polar surface area (TPSA) is 65.3 Å². The van der Waals surface area contributed by atoms with Gasteiger partial charge in [-0.05, 0) is 12.0 Å². The van der Waals surface area contributed by atoms with Gasteiger partial charge in [-0.3, -0.25) is 10.1 Å². The molecule has 99 valence electrons. The fraction of sp³-hybridized carbons (Fsp3) is 0.308. The summed E-state index contributed by atoms with van der Waals surface area (Å²) >= 11 is 1.41. The molecule has 0 atom stereocenters. The summed E-state index contributed by atoms with van der Waals surface area (Å²) in [5.74, 6) is 0.804. The van der Waals surface area contributed by atoms with E-state index in [1.54, 1.807) is 12.1 Å². The average molecular weight is 277 g/mol. The molecule has 5 nitrogen and oxygen atoms in total. The number of aromatic nitrogens is 1. The molecule has 0 saturated carbocycles. The van der Waals surface area contributed by atoms with Gasteiger partial charge in [-0.1, -0.05) is 19.9 Å². The Labute approximate surface area is 115 Å². The number of hydrogen-bond acceptors (Lipinski definition) is 5. The van der Waals surface area contributed by atoms with E-state index in [4.69, 9.17) is 4.74 Å². The SMILES string of the molecule is CC(C)c1[c]sc(COc2cccc([N+](=O)[O-])c2)n1. The highest BCUT2D eigenvalue weighted by molar-refractivity contribution is 7.09. The zero-order valence-corrected chi connectivity index (χ0v) is 11.4. The second-order valence-corrected chi connectivity index (χ2v) is 5.17. The van der Waals surface area contributed by atoms with Crippen molar-refractivity contribution in [2.24, 2.45) is 0 Å². The van der Waals surface area contributed by atoms with Crippen LogP contribution in [0.15, 0.2) is 24.3 Å². The molecule has 1 aromatic carbocycles. The lowest BCUT2D eigenvalue weighted by atomic mass is 10.2. The minimum atomic E-state index is -0.444. The van der Waals surface area contributed by atoms with Gasteiger partial charge in [-0.15, -0.1) is 11.3 Å². The molecule has 0 spiro atoms. The van der Waals surface area contributed by atoms with Gasteiger partial charge in [-0.2, -0.15) is 0 Å². The minimum Gasteiger partial charge on any atom is -0.486 e. The van der Waals surface area contributed by atoms with E-state index >= 15 is 0 Å². The first-order valence-corrected chi connectivity index (χ1v) is 6.62. The number of nitrogens with zero attached hydrogens (tertiary/aromatic N) is 2. The van der Waals surface area contributed by atoms with E-state index in [0.29, 0.717) is 18.3 Å². The summed E-state index contributed by atoms with van der Waals surface area (Å²) < 4.78 is 5.50. The number of non-ortho nitro benzene ring substituents is 1. The largest absolute Gasteiger partial charge is 0.486 e. The molecule has 19 heavy (non-hydrogen) atoms. The molecule has 0 N–H and O–H groups in total. The number of nitro groups is 1. The van der Waals surface area contributed by atoms with Crippen LogP contribution in [-0.4, -0.2) is 9.91 Å². The third-order valence-electron chi connectivity index (χ3n) is 2.46. The number of thiazole rings is 1. The lowest BCUT2D eigenvalue weighted by molar-refractivity contribution is -0.384. The smallest absolute Gasteiger partial charge is 0.273 e. The lowest BCUT2D eigenvalue weighted by Crippen LogP contribution is -1.97. The van der Waals surface area contributed by atoms with E-state index in [9.17, 15) is 10.1 Å². The third-order valence-corrected chi connectivity index (χ3v) is 3.21. The van der Waals surface area contributed by atoms with Crippen molar-refractivity contribution >= 4 is 17.0 Å². The fourth-order valence-corrected chi connectivity index (χ4v) is 2.20. The fourth-order valence-electron chi connectivity index (χ4n) is 1.43. The second kappa shape index (κ2) is 5.79. The molecule has 0 fully saturated rings. The van der Waals surface area contributed by atoms with Crippen molar-refractivity contribution in [3.8, 4) is 5.75 Å². The van der Waals surface area contributed by atoms with E-state index in [2.05, 4.69) is 24.2 Å². The Morgan fingerprint density at radius 1 is 1.53 bits per heavy atom. The van der Waals surface area contributed by atoms with Gasteiger partial charge in [0.1, 0.15) is 17.4 Å². The van der Waals surface area contributed by atoms with E-state index in [0.717, 1.165) is 10.7 Å². The van der Waals surface area contributed by atoms with Gasteiger partial charge in [0, 0.05) is 6.07 Å². The molecule has 0 amide bonds. The number of ether oxygens (including phenoxy) is 1. The Morgan fingerprint density at radius 3 is 2.95 bits per heavy atom. The standard InChI is InChI=1S/C13H13N2O3S/c1-9(2)12-8-19-13(14-12)7-18-11-5-3-4-10(6-11)15(16)17/h3-6,9H,7H2,1-2H3. The molecule has 6 heteroatoms. The maximum atomic E-state index is 10.6. The highest BCUT2D eigenvalue weighted by Crippen LogP contribution is 2.22. The van der Waals surface area contributed by atoms with Gasteiger partial charge in [0.05, 0.1) is 22.1 Å². The summed E-state index contributed by atoms with van der Waals surface area (Å²) in [6.45, 7) is 4.41. The van der Waals surface area contributed by atoms with Gasteiger partial charge >= 0.3 is 0 Å². The highest BCUT2D eigenvalue weighted by Gasteiger charge is 2.09. The molecule has 0 aliphatic rings. The molecule has 0 unspecified atom stereocenters. The van der Waals surface area contributed by atoms with Crippen molar-refractivity contribution in [3.63, 3.8) is 0 Å². The van der Waals surface area contributed by atoms with Gasteiger partial charge < -0.3 is 4.74 Å². The van der Waals surface area contributed by atoms with Gasteiger partial charge in [0.2, 0.25) is 0 Å². The van der Waals surface area contributed by atoms with E-state index in [-0.39, 0.29) is 5.69 Å². The highest BCUT2D eigenvalue weighted by atomic mass is 32.1. The first kappa shape index (κ1) is 13.5. The van der Waals surface area contributed by atoms with E-state index in [1.807, 2.05) is 0 Å². The van der Waals surface area contributed by atoms with Gasteiger partial charge in [0.15, 0.2) is 0 Å². The first-order valence-electron chi connectivity index (χ1n) is 5.81. The summed E-state index contributed by atoms with van der Waals surface area (Å²) in [7, 11) is 0. The predicted molar refractivity (Wildman–Crippen MR) is 72.5 cm³/mol. The molecule has 0 aliphatic heterocycles. The van der Waals surface area contributed by atoms with Crippen LogP contribution in [0.3, 0.4) is 0 Å². The summed E-state index contributed by atoms with van der Waals surface area (Å²) in [4.78, 5) is 14.6. The predicted octanol–water partition coefficient (Wildman–Crippen LogP) is 3.55. The monoisotopic (exact) mass is 277 g/mol. The normalized spacial score (nSPS) is 10.7. The van der Waals surface area contributed by atoms with Gasteiger partial charge in [-0.25, -0.2) is 4.98 Å². The zero-order chi connectivity index (χ0) is 13.8. The van der Waals surface area contributed by atoms with Crippen LogP contribution >= 0.6 is 11.3 Å². The van der Waals surface area contributed by atoms with Crippen molar-refractivity contribution in [2.75, 3.05) is 0 Å². The molecule has 2 rings (SSSR count). The maximum Gasteiger partial charge on any atom is 0.273 e. The van der Waals surface area contributed by atoms with Crippen LogP contribution in [-0.2, 0) is 6.61 Å². The molecule has 0 aliphatic carbocycles. The average Bonchev–Trinajstić information content (AvgIpc) is 2.85. The maximum absolute atomic E-state index is 10.6. The summed E-state index contributed by atoms with van der Waals surface area (Å²) in [5.41, 5.74) is 0.939. The van der Waals surface area contributed by atoms with Crippen molar-refractivity contribution in [1.29, 1.82) is 0 Å². The van der Waals surface area contributed by atoms with E-state index < -0.39 is 4.92 Å².